The fraction of sp³-hybridized carbons (Fsp3) is 0. The molecule has 0 unspecified atom stereocenters. The molecular weight excluding hydrogens is 165 g/mol. The minimum Gasteiger partial charge on any atom is -0.472 e. The van der Waals surface area contributed by atoms with Crippen LogP contribution in [0.2, 0.25) is 0 Å². The van der Waals surface area contributed by atoms with Crippen LogP contribution in [0.15, 0.2) is 28.7 Å². The van der Waals surface area contributed by atoms with Gasteiger partial charge in [-0.2, -0.15) is 0 Å². The van der Waals surface area contributed by atoms with Crippen molar-refractivity contribution >= 4 is 11.1 Å². The van der Waals surface area contributed by atoms with E-state index in [9.17, 15) is 0 Å². The van der Waals surface area contributed by atoms with Crippen molar-refractivity contribution in [2.24, 2.45) is 0 Å². The summed E-state index contributed by atoms with van der Waals surface area (Å²) in [5.41, 5.74) is 1.67. The first kappa shape index (κ1) is 9.29. The molecule has 2 rings (SSSR count). The molecule has 0 bridgehead atoms. The number of aromatic nitrogens is 1. The largest absolute Gasteiger partial charge is 1.00 e. The Bertz CT molecular complexity index is 323. The van der Waals surface area contributed by atoms with E-state index >= 15 is 0 Å². The number of benzene rings is 1. The average molecular weight is 171 g/mol. The van der Waals surface area contributed by atoms with E-state index in [4.69, 9.17) is 4.42 Å². The molecule has 0 saturated heterocycles. The summed E-state index contributed by atoms with van der Waals surface area (Å²) < 4.78 is 5.15. The number of fused-ring (bicyclic) bond motifs is 1. The molecule has 3 heteroatoms. The molecule has 0 radical (unpaired) electrons. The van der Waals surface area contributed by atoms with Crippen LogP contribution in [0.1, 0.15) is 5.89 Å². The summed E-state index contributed by atoms with van der Waals surface area (Å²) in [7, 11) is 0. The minimum atomic E-state index is 0. The maximum Gasteiger partial charge on any atom is 1.00 e. The number of nitrogens with zero attached hydrogens (tertiary/aromatic N) is 1. The molecule has 0 aliphatic rings. The first-order valence-corrected chi connectivity index (χ1v) is 3.04. The summed E-state index contributed by atoms with van der Waals surface area (Å²) in [6.07, 6.45) is 0. The predicted molar refractivity (Wildman–Crippen MR) is 38.5 cm³/mol. The van der Waals surface area contributed by atoms with Crippen LogP contribution in [-0.2, 0) is 0 Å². The van der Waals surface area contributed by atoms with Gasteiger partial charge in [-0.25, -0.2) is 4.98 Å². The van der Waals surface area contributed by atoms with Gasteiger partial charge >= 0.3 is 51.4 Å². The molecule has 2 aromatic rings. The van der Waals surface area contributed by atoms with Crippen LogP contribution in [0.25, 0.3) is 11.1 Å². The molecule has 0 aliphatic carbocycles. The normalized spacial score (nSPS) is 9.45. The summed E-state index contributed by atoms with van der Waals surface area (Å²) in [4.78, 5) is 4.04. The van der Waals surface area contributed by atoms with Gasteiger partial charge in [0.25, 0.3) is 0 Å². The Kier molecular flexibility index (Phi) is 3.15. The van der Waals surface area contributed by atoms with E-state index in [1.165, 1.54) is 0 Å². The van der Waals surface area contributed by atoms with Crippen molar-refractivity contribution in [2.75, 3.05) is 0 Å². The molecule has 0 spiro atoms. The summed E-state index contributed by atoms with van der Waals surface area (Å²) in [6, 6.07) is 7.60. The Balaban J connectivity index is 0.000000605. The molecular formula is C8H6KNO. The van der Waals surface area contributed by atoms with E-state index < -0.39 is 0 Å². The van der Waals surface area contributed by atoms with Crippen LogP contribution in [0.5, 0.6) is 0 Å². The van der Waals surface area contributed by atoms with E-state index in [1.54, 1.807) is 0 Å². The SMILES string of the molecule is [CH2-]c1nc2ccccc2o1.[K+]. The molecule has 0 atom stereocenters. The van der Waals surface area contributed by atoms with Crippen molar-refractivity contribution in [1.82, 2.24) is 4.98 Å². The minimum absolute atomic E-state index is 0. The van der Waals surface area contributed by atoms with Crippen LogP contribution in [0.4, 0.5) is 0 Å². The fourth-order valence-corrected chi connectivity index (χ4v) is 0.920. The Morgan fingerprint density at radius 1 is 1.27 bits per heavy atom. The molecule has 50 valence electrons. The molecule has 1 aromatic heterocycles. The smallest absolute Gasteiger partial charge is 0.472 e. The van der Waals surface area contributed by atoms with Crippen LogP contribution < -0.4 is 51.4 Å². The topological polar surface area (TPSA) is 26.0 Å². The van der Waals surface area contributed by atoms with E-state index in [1.807, 2.05) is 24.3 Å². The van der Waals surface area contributed by atoms with Gasteiger partial charge in [0.2, 0.25) is 0 Å². The van der Waals surface area contributed by atoms with Crippen LogP contribution in [0.3, 0.4) is 0 Å². The maximum absolute atomic E-state index is 5.15. The Labute approximate surface area is 107 Å². The number of hydrogen-bond donors (Lipinski definition) is 0. The molecule has 0 saturated carbocycles. The monoisotopic (exact) mass is 171 g/mol. The van der Waals surface area contributed by atoms with E-state index in [-0.39, 0.29) is 51.4 Å². The summed E-state index contributed by atoms with van der Waals surface area (Å²) in [6.45, 7) is 3.58. The third-order valence-corrected chi connectivity index (χ3v) is 1.34. The first-order valence-electron chi connectivity index (χ1n) is 3.04. The van der Waals surface area contributed by atoms with Gasteiger partial charge in [0.05, 0.1) is 5.89 Å². The maximum atomic E-state index is 5.15. The third-order valence-electron chi connectivity index (χ3n) is 1.34. The molecule has 0 N–H and O–H groups in total. The van der Waals surface area contributed by atoms with Crippen molar-refractivity contribution in [3.05, 3.63) is 37.1 Å². The van der Waals surface area contributed by atoms with Gasteiger partial charge in [0, 0.05) is 0 Å². The van der Waals surface area contributed by atoms with Crippen molar-refractivity contribution < 1.29 is 55.8 Å². The molecule has 11 heavy (non-hydrogen) atoms. The quantitative estimate of drug-likeness (QED) is 0.376. The number of oxazole rings is 1. The van der Waals surface area contributed by atoms with Gasteiger partial charge in [-0.3, -0.25) is 0 Å². The molecule has 0 fully saturated rings. The number of para-hydroxylation sites is 2. The van der Waals surface area contributed by atoms with Crippen LogP contribution in [0, 0.1) is 6.92 Å². The Hall–Kier alpha value is 0.196. The Morgan fingerprint density at radius 2 is 2.00 bits per heavy atom. The second-order valence-electron chi connectivity index (χ2n) is 2.08. The fourth-order valence-electron chi connectivity index (χ4n) is 0.920. The van der Waals surface area contributed by atoms with Gasteiger partial charge in [-0.1, -0.05) is 12.1 Å². The predicted octanol–water partition coefficient (Wildman–Crippen LogP) is -0.986. The van der Waals surface area contributed by atoms with E-state index in [0.717, 1.165) is 11.1 Å². The van der Waals surface area contributed by atoms with Gasteiger partial charge in [-0.15, -0.1) is 0 Å². The molecule has 0 amide bonds. The summed E-state index contributed by atoms with van der Waals surface area (Å²) in [5, 5.41) is 0. The average Bonchev–Trinajstić information content (AvgIpc) is 2.27. The number of rotatable bonds is 0. The van der Waals surface area contributed by atoms with Gasteiger partial charge in [0.15, 0.2) is 5.58 Å². The van der Waals surface area contributed by atoms with Crippen molar-refractivity contribution in [2.45, 2.75) is 0 Å². The molecule has 0 aliphatic heterocycles. The second kappa shape index (κ2) is 3.73. The zero-order valence-electron chi connectivity index (χ0n) is 6.37. The van der Waals surface area contributed by atoms with Crippen molar-refractivity contribution in [3.63, 3.8) is 0 Å². The number of hydrogen-bond acceptors (Lipinski definition) is 2. The second-order valence-corrected chi connectivity index (χ2v) is 2.08. The van der Waals surface area contributed by atoms with Crippen molar-refractivity contribution in [1.29, 1.82) is 0 Å². The van der Waals surface area contributed by atoms with E-state index in [2.05, 4.69) is 11.9 Å². The molecule has 1 aromatic carbocycles. The standard InChI is InChI=1S/C8H6NO.K/c1-6-9-7-4-2-3-5-8(7)10-6;/h2-5H,1H2;/q-1;+1. The summed E-state index contributed by atoms with van der Waals surface area (Å²) >= 11 is 0. The zero-order chi connectivity index (χ0) is 6.97. The molecule has 2 nitrogen and oxygen atoms in total. The van der Waals surface area contributed by atoms with Gasteiger partial charge in [0.1, 0.15) is 5.52 Å². The van der Waals surface area contributed by atoms with Crippen molar-refractivity contribution in [3.8, 4) is 0 Å². The zero-order valence-corrected chi connectivity index (χ0v) is 9.50. The first-order chi connectivity index (χ1) is 4.86. The Morgan fingerprint density at radius 3 is 2.73 bits per heavy atom. The van der Waals surface area contributed by atoms with Gasteiger partial charge < -0.3 is 11.3 Å². The third kappa shape index (κ3) is 1.86. The van der Waals surface area contributed by atoms with Crippen LogP contribution in [-0.4, -0.2) is 4.98 Å². The summed E-state index contributed by atoms with van der Waals surface area (Å²) in [5.74, 6) is 0.473. The van der Waals surface area contributed by atoms with Crippen LogP contribution >= 0.6 is 0 Å². The molecule has 1 heterocycles. The van der Waals surface area contributed by atoms with Gasteiger partial charge in [-0.05, 0) is 12.1 Å². The van der Waals surface area contributed by atoms with E-state index in [0.29, 0.717) is 5.89 Å².